The summed E-state index contributed by atoms with van der Waals surface area (Å²) in [5.74, 6) is -1.61. The van der Waals surface area contributed by atoms with Gasteiger partial charge in [-0.15, -0.1) is 4.63 Å². The van der Waals surface area contributed by atoms with Crippen molar-refractivity contribution in [3.8, 4) is 11.5 Å². The Balaban J connectivity index is 2.06. The van der Waals surface area contributed by atoms with E-state index in [-0.39, 0.29) is 18.1 Å². The van der Waals surface area contributed by atoms with Crippen LogP contribution in [0.15, 0.2) is 38.2 Å². The summed E-state index contributed by atoms with van der Waals surface area (Å²) in [5.41, 5.74) is 0.385. The molecule has 11 heteroatoms. The van der Waals surface area contributed by atoms with Crippen molar-refractivity contribution in [3.63, 3.8) is 0 Å². The highest BCUT2D eigenvalue weighted by Gasteiger charge is 2.29. The minimum Gasteiger partial charge on any atom is -0.358 e. The Morgan fingerprint density at radius 2 is 2.14 bits per heavy atom. The summed E-state index contributed by atoms with van der Waals surface area (Å²) in [7, 11) is 0. The van der Waals surface area contributed by atoms with Crippen molar-refractivity contribution in [2.24, 2.45) is 0 Å². The predicted molar refractivity (Wildman–Crippen MR) is 71.3 cm³/mol. The average Bonchev–Trinajstić information content (AvgIpc) is 3.07. The third kappa shape index (κ3) is 2.46. The van der Waals surface area contributed by atoms with E-state index in [0.717, 1.165) is 4.57 Å². The van der Waals surface area contributed by atoms with Gasteiger partial charge in [0, 0.05) is 5.02 Å². The monoisotopic (exact) mass is 323 g/mol. The molecule has 0 saturated heterocycles. The number of halogens is 1. The third-order valence-electron chi connectivity index (χ3n) is 2.77. The molecule has 0 spiro atoms. The SMILES string of the molecule is O=c1onc(-c2nonc2[N+](=O)[O-])n1Cc1cccc(Cl)c1. The molecule has 3 aromatic rings. The van der Waals surface area contributed by atoms with E-state index in [1.807, 2.05) is 0 Å². The van der Waals surface area contributed by atoms with Gasteiger partial charge < -0.3 is 10.1 Å². The average molecular weight is 324 g/mol. The molecular weight excluding hydrogens is 318 g/mol. The molecule has 0 atom stereocenters. The summed E-state index contributed by atoms with van der Waals surface area (Å²) < 4.78 is 9.95. The molecule has 0 unspecified atom stereocenters. The second kappa shape index (κ2) is 5.41. The maximum atomic E-state index is 11.8. The van der Waals surface area contributed by atoms with Gasteiger partial charge >= 0.3 is 11.6 Å². The molecule has 2 aromatic heterocycles. The summed E-state index contributed by atoms with van der Waals surface area (Å²) in [6, 6.07) is 6.75. The summed E-state index contributed by atoms with van der Waals surface area (Å²) >= 11 is 5.88. The van der Waals surface area contributed by atoms with Crippen molar-refractivity contribution in [1.82, 2.24) is 20.0 Å². The van der Waals surface area contributed by atoms with Crippen molar-refractivity contribution in [1.29, 1.82) is 0 Å². The normalized spacial score (nSPS) is 10.8. The highest BCUT2D eigenvalue weighted by molar-refractivity contribution is 6.30. The fourth-order valence-corrected chi connectivity index (χ4v) is 2.05. The van der Waals surface area contributed by atoms with E-state index in [9.17, 15) is 14.9 Å². The van der Waals surface area contributed by atoms with E-state index in [0.29, 0.717) is 10.6 Å². The van der Waals surface area contributed by atoms with Crippen LogP contribution in [-0.2, 0) is 6.54 Å². The first kappa shape index (κ1) is 13.9. The second-order valence-electron chi connectivity index (χ2n) is 4.18. The minimum absolute atomic E-state index is 0.0439. The zero-order valence-electron chi connectivity index (χ0n) is 10.7. The maximum Gasteiger partial charge on any atom is 0.446 e. The molecule has 0 aliphatic carbocycles. The lowest BCUT2D eigenvalue weighted by molar-refractivity contribution is -0.390. The number of benzene rings is 1. The van der Waals surface area contributed by atoms with Crippen molar-refractivity contribution in [3.05, 3.63) is 55.5 Å². The Labute approximate surface area is 126 Å². The summed E-state index contributed by atoms with van der Waals surface area (Å²) in [6.45, 7) is 0.0439. The van der Waals surface area contributed by atoms with Gasteiger partial charge in [-0.1, -0.05) is 28.9 Å². The van der Waals surface area contributed by atoms with Gasteiger partial charge in [0.2, 0.25) is 5.82 Å². The van der Waals surface area contributed by atoms with Crippen LogP contribution in [0.2, 0.25) is 5.02 Å². The molecule has 0 amide bonds. The Morgan fingerprint density at radius 1 is 1.32 bits per heavy atom. The molecule has 22 heavy (non-hydrogen) atoms. The van der Waals surface area contributed by atoms with Gasteiger partial charge in [-0.25, -0.2) is 4.79 Å². The number of hydrogen-bond acceptors (Lipinski definition) is 8. The minimum atomic E-state index is -0.799. The summed E-state index contributed by atoms with van der Waals surface area (Å²) in [6.07, 6.45) is 0. The summed E-state index contributed by atoms with van der Waals surface area (Å²) in [4.78, 5) is 21.8. The molecule has 0 aliphatic rings. The lowest BCUT2D eigenvalue weighted by Crippen LogP contribution is -2.16. The predicted octanol–water partition coefficient (Wildman–Crippen LogP) is 1.50. The molecule has 0 bridgehead atoms. The summed E-state index contributed by atoms with van der Waals surface area (Å²) in [5, 5.41) is 21.4. The van der Waals surface area contributed by atoms with Crippen LogP contribution in [0.4, 0.5) is 5.82 Å². The van der Waals surface area contributed by atoms with Gasteiger partial charge in [0.05, 0.1) is 6.54 Å². The van der Waals surface area contributed by atoms with Gasteiger partial charge in [-0.3, -0.25) is 9.09 Å². The van der Waals surface area contributed by atoms with Gasteiger partial charge in [-0.2, -0.15) is 0 Å². The van der Waals surface area contributed by atoms with Crippen molar-refractivity contribution < 1.29 is 14.1 Å². The Bertz CT molecular complexity index is 898. The second-order valence-corrected chi connectivity index (χ2v) is 4.62. The molecule has 0 N–H and O–H groups in total. The molecule has 0 fully saturated rings. The van der Waals surface area contributed by atoms with E-state index in [1.165, 1.54) is 0 Å². The van der Waals surface area contributed by atoms with Crippen LogP contribution < -0.4 is 5.76 Å². The zero-order chi connectivity index (χ0) is 15.7. The van der Waals surface area contributed by atoms with Crippen LogP contribution in [0.3, 0.4) is 0 Å². The molecule has 0 aliphatic heterocycles. The van der Waals surface area contributed by atoms with E-state index >= 15 is 0 Å². The van der Waals surface area contributed by atoms with Crippen molar-refractivity contribution in [2.45, 2.75) is 6.54 Å². The Morgan fingerprint density at radius 3 is 2.86 bits per heavy atom. The van der Waals surface area contributed by atoms with Crippen LogP contribution in [0, 0.1) is 10.1 Å². The molecule has 2 heterocycles. The molecular formula is C11H6ClN5O5. The van der Waals surface area contributed by atoms with Crippen LogP contribution in [0.25, 0.3) is 11.5 Å². The number of nitro groups is 1. The standard InChI is InChI=1S/C11H6ClN5O5/c12-7-3-1-2-6(4-7)5-16-9(14-21-11(16)18)8-10(17(19)20)15-22-13-8/h1-4H,5H2. The maximum absolute atomic E-state index is 11.8. The van der Waals surface area contributed by atoms with Crippen molar-refractivity contribution >= 4 is 17.4 Å². The first-order valence-electron chi connectivity index (χ1n) is 5.84. The highest BCUT2D eigenvalue weighted by atomic mass is 35.5. The van der Waals surface area contributed by atoms with Gasteiger partial charge in [0.15, 0.2) is 5.16 Å². The van der Waals surface area contributed by atoms with Crippen LogP contribution >= 0.6 is 11.6 Å². The first-order chi connectivity index (χ1) is 10.6. The third-order valence-corrected chi connectivity index (χ3v) is 3.01. The zero-order valence-corrected chi connectivity index (χ0v) is 11.4. The van der Waals surface area contributed by atoms with Crippen molar-refractivity contribution in [2.75, 3.05) is 0 Å². The van der Waals surface area contributed by atoms with E-state index in [1.54, 1.807) is 24.3 Å². The fraction of sp³-hybridized carbons (Fsp3) is 0.0909. The topological polar surface area (TPSA) is 130 Å². The van der Waals surface area contributed by atoms with Gasteiger partial charge in [0.25, 0.3) is 5.69 Å². The lowest BCUT2D eigenvalue weighted by atomic mass is 10.2. The van der Waals surface area contributed by atoms with Gasteiger partial charge in [-0.05, 0) is 27.8 Å². The Kier molecular flexibility index (Phi) is 3.43. The quantitative estimate of drug-likeness (QED) is 0.521. The molecule has 1 aromatic carbocycles. The highest BCUT2D eigenvalue weighted by Crippen LogP contribution is 2.24. The molecule has 112 valence electrons. The number of aromatic nitrogens is 4. The number of nitrogens with zero attached hydrogens (tertiary/aromatic N) is 5. The molecule has 3 rings (SSSR count). The molecule has 0 radical (unpaired) electrons. The first-order valence-corrected chi connectivity index (χ1v) is 6.22. The van der Waals surface area contributed by atoms with Gasteiger partial charge in [0.1, 0.15) is 0 Å². The molecule has 10 nitrogen and oxygen atoms in total. The van der Waals surface area contributed by atoms with E-state index < -0.39 is 16.5 Å². The number of rotatable bonds is 4. The van der Waals surface area contributed by atoms with E-state index in [2.05, 4.69) is 24.6 Å². The smallest absolute Gasteiger partial charge is 0.358 e. The van der Waals surface area contributed by atoms with E-state index in [4.69, 9.17) is 11.6 Å². The molecule has 0 saturated carbocycles. The van der Waals surface area contributed by atoms with Crippen LogP contribution in [0.5, 0.6) is 0 Å². The fourth-order valence-electron chi connectivity index (χ4n) is 1.84. The number of hydrogen-bond donors (Lipinski definition) is 0. The largest absolute Gasteiger partial charge is 0.446 e. The Hall–Kier alpha value is -3.01. The lowest BCUT2D eigenvalue weighted by Gasteiger charge is -2.03. The van der Waals surface area contributed by atoms with Crippen LogP contribution in [0.1, 0.15) is 5.56 Å². The van der Waals surface area contributed by atoms with Crippen LogP contribution in [-0.4, -0.2) is 25.0 Å².